The maximum absolute atomic E-state index is 14.8. The number of rotatable bonds is 9. The molecule has 9 heteroatoms. The van der Waals surface area contributed by atoms with Gasteiger partial charge < -0.3 is 14.2 Å². The molecule has 0 N–H and O–H groups in total. The normalized spacial score (nSPS) is 18.0. The highest BCUT2D eigenvalue weighted by atomic mass is 19.3. The van der Waals surface area contributed by atoms with Crippen molar-refractivity contribution in [1.82, 2.24) is 0 Å². The molecule has 0 aromatic heterocycles. The molecule has 37 heavy (non-hydrogen) atoms. The van der Waals surface area contributed by atoms with Crippen molar-refractivity contribution in [2.24, 2.45) is 5.92 Å². The van der Waals surface area contributed by atoms with Crippen LogP contribution in [0.5, 0.6) is 11.5 Å². The van der Waals surface area contributed by atoms with Crippen molar-refractivity contribution in [2.45, 2.75) is 44.8 Å². The fourth-order valence-corrected chi connectivity index (χ4v) is 4.51. The van der Waals surface area contributed by atoms with Crippen LogP contribution in [0.25, 0.3) is 11.1 Å². The van der Waals surface area contributed by atoms with Crippen molar-refractivity contribution in [3.05, 3.63) is 83.2 Å². The molecule has 1 saturated heterocycles. The van der Waals surface area contributed by atoms with E-state index < -0.39 is 41.7 Å². The van der Waals surface area contributed by atoms with Crippen molar-refractivity contribution < 1.29 is 40.6 Å². The van der Waals surface area contributed by atoms with Crippen LogP contribution in [-0.4, -0.2) is 13.5 Å². The zero-order chi connectivity index (χ0) is 26.6. The molecule has 0 amide bonds. The Morgan fingerprint density at radius 2 is 1.73 bits per heavy atom. The predicted octanol–water partition coefficient (Wildman–Crippen LogP) is 8.47. The van der Waals surface area contributed by atoms with Gasteiger partial charge in [0.25, 0.3) is 0 Å². The molecule has 0 saturated carbocycles. The Morgan fingerprint density at radius 1 is 0.919 bits per heavy atom. The van der Waals surface area contributed by atoms with Crippen LogP contribution in [0.2, 0.25) is 0 Å². The molecule has 4 rings (SSSR count). The van der Waals surface area contributed by atoms with Gasteiger partial charge in [0.1, 0.15) is 17.4 Å². The van der Waals surface area contributed by atoms with Gasteiger partial charge in [-0.05, 0) is 72.7 Å². The van der Waals surface area contributed by atoms with E-state index in [1.807, 2.05) is 0 Å². The van der Waals surface area contributed by atoms with Gasteiger partial charge >= 0.3 is 6.11 Å². The summed E-state index contributed by atoms with van der Waals surface area (Å²) in [7, 11) is 0. The monoisotopic (exact) mass is 524 g/mol. The second-order valence-electron chi connectivity index (χ2n) is 8.95. The number of halogens is 6. The molecule has 2 atom stereocenters. The lowest BCUT2D eigenvalue weighted by atomic mass is 9.91. The molecule has 1 aliphatic heterocycles. The summed E-state index contributed by atoms with van der Waals surface area (Å²) in [6, 6.07) is 9.57. The summed E-state index contributed by atoms with van der Waals surface area (Å²) in [4.78, 5) is 0. The Hall–Kier alpha value is -3.20. The van der Waals surface area contributed by atoms with Gasteiger partial charge in [-0.1, -0.05) is 25.5 Å². The van der Waals surface area contributed by atoms with E-state index in [0.29, 0.717) is 30.6 Å². The molecule has 0 spiro atoms. The van der Waals surface area contributed by atoms with Gasteiger partial charge in [-0.25, -0.2) is 17.6 Å². The summed E-state index contributed by atoms with van der Waals surface area (Å²) in [5.74, 6) is -3.51. The number of ether oxygens (including phenoxy) is 3. The van der Waals surface area contributed by atoms with E-state index in [2.05, 4.69) is 16.4 Å². The summed E-state index contributed by atoms with van der Waals surface area (Å²) < 4.78 is 100. The number of alkyl halides is 3. The molecule has 2 unspecified atom stereocenters. The maximum Gasteiger partial charge on any atom is 0.429 e. The number of hydrogen-bond donors (Lipinski definition) is 0. The second-order valence-corrected chi connectivity index (χ2v) is 8.95. The maximum atomic E-state index is 14.8. The molecule has 0 radical (unpaired) electrons. The van der Waals surface area contributed by atoms with Crippen LogP contribution in [0.1, 0.15) is 49.8 Å². The van der Waals surface area contributed by atoms with E-state index in [1.165, 1.54) is 12.1 Å². The van der Waals surface area contributed by atoms with Crippen LogP contribution in [0, 0.1) is 23.4 Å². The van der Waals surface area contributed by atoms with Gasteiger partial charge in [-0.15, -0.1) is 0 Å². The highest BCUT2D eigenvalue weighted by Gasteiger charge is 2.38. The first-order valence-corrected chi connectivity index (χ1v) is 12.0. The lowest BCUT2D eigenvalue weighted by molar-refractivity contribution is -0.187. The van der Waals surface area contributed by atoms with Crippen molar-refractivity contribution >= 4 is 0 Å². The second kappa shape index (κ2) is 11.5. The van der Waals surface area contributed by atoms with Gasteiger partial charge in [0.15, 0.2) is 11.6 Å². The summed E-state index contributed by atoms with van der Waals surface area (Å²) in [5, 5.41) is 0. The summed E-state index contributed by atoms with van der Waals surface area (Å²) in [5.41, 5.74) is -0.554. The van der Waals surface area contributed by atoms with Gasteiger partial charge in [0.05, 0.1) is 18.3 Å². The first-order valence-electron chi connectivity index (χ1n) is 12.0. The highest BCUT2D eigenvalue weighted by Crippen LogP contribution is 2.38. The minimum absolute atomic E-state index is 0.0760. The van der Waals surface area contributed by atoms with Crippen molar-refractivity contribution in [3.8, 4) is 22.6 Å². The SMILES string of the molecule is CCCC1CCC(c2ccc(C(F)(F)Oc3ccc(-c4ccc(OCF)c(F)c4)c(F)c3)c(F)c2)OC1. The molecular formula is C28H26F6O3. The molecule has 3 aromatic carbocycles. The Labute approximate surface area is 211 Å². The minimum atomic E-state index is -4.09. The fraction of sp³-hybridized carbons (Fsp3) is 0.357. The Morgan fingerprint density at radius 3 is 2.35 bits per heavy atom. The van der Waals surface area contributed by atoms with Crippen molar-refractivity contribution in [2.75, 3.05) is 13.5 Å². The third-order valence-electron chi connectivity index (χ3n) is 6.39. The molecule has 1 heterocycles. The topological polar surface area (TPSA) is 27.7 Å². The van der Waals surface area contributed by atoms with Gasteiger partial charge in [-0.2, -0.15) is 8.78 Å². The third kappa shape index (κ3) is 6.21. The van der Waals surface area contributed by atoms with Crippen LogP contribution < -0.4 is 9.47 Å². The largest absolute Gasteiger partial charge is 0.460 e. The van der Waals surface area contributed by atoms with Crippen LogP contribution in [-0.2, 0) is 10.8 Å². The summed E-state index contributed by atoms with van der Waals surface area (Å²) >= 11 is 0. The molecular weight excluding hydrogens is 498 g/mol. The Bertz CT molecular complexity index is 1220. The van der Waals surface area contributed by atoms with E-state index in [9.17, 15) is 26.3 Å². The molecule has 0 aliphatic carbocycles. The quantitative estimate of drug-likeness (QED) is 0.263. The average molecular weight is 525 g/mol. The predicted molar refractivity (Wildman–Crippen MR) is 126 cm³/mol. The first kappa shape index (κ1) is 26.9. The average Bonchev–Trinajstić information content (AvgIpc) is 2.86. The summed E-state index contributed by atoms with van der Waals surface area (Å²) in [6.45, 7) is 1.41. The van der Waals surface area contributed by atoms with Crippen molar-refractivity contribution in [3.63, 3.8) is 0 Å². The van der Waals surface area contributed by atoms with Crippen LogP contribution in [0.15, 0.2) is 54.6 Å². The molecule has 1 aliphatic rings. The van der Waals surface area contributed by atoms with Crippen LogP contribution >= 0.6 is 0 Å². The molecule has 198 valence electrons. The first-order chi connectivity index (χ1) is 17.7. The Balaban J connectivity index is 1.47. The standard InChI is InChI=1S/C28H26F6O3/c1-2-3-17-4-10-26(35-15-17)19-5-9-22(24(31)13-19)28(33,34)37-20-7-8-21(23(30)14-20)18-6-11-27(36-16-29)25(32)12-18/h5-9,11-14,17,26H,2-4,10,15-16H2,1H3. The zero-order valence-electron chi connectivity index (χ0n) is 20.1. The van der Waals surface area contributed by atoms with Gasteiger partial charge in [-0.3, -0.25) is 0 Å². The molecule has 3 aromatic rings. The summed E-state index contributed by atoms with van der Waals surface area (Å²) in [6.07, 6.45) is -0.762. The Kier molecular flexibility index (Phi) is 8.32. The lowest BCUT2D eigenvalue weighted by Gasteiger charge is -2.29. The van der Waals surface area contributed by atoms with E-state index in [4.69, 9.17) is 4.74 Å². The zero-order valence-corrected chi connectivity index (χ0v) is 20.1. The van der Waals surface area contributed by atoms with Gasteiger partial charge in [0, 0.05) is 11.6 Å². The van der Waals surface area contributed by atoms with Crippen LogP contribution in [0.3, 0.4) is 0 Å². The smallest absolute Gasteiger partial charge is 0.429 e. The van der Waals surface area contributed by atoms with Gasteiger partial charge in [0.2, 0.25) is 6.86 Å². The number of benzene rings is 3. The van der Waals surface area contributed by atoms with Crippen LogP contribution in [0.4, 0.5) is 26.3 Å². The van der Waals surface area contributed by atoms with E-state index in [0.717, 1.165) is 55.7 Å². The van der Waals surface area contributed by atoms with E-state index in [-0.39, 0.29) is 23.0 Å². The highest BCUT2D eigenvalue weighted by molar-refractivity contribution is 5.66. The lowest BCUT2D eigenvalue weighted by Crippen LogP contribution is -2.24. The number of hydrogen-bond acceptors (Lipinski definition) is 3. The molecule has 0 bridgehead atoms. The van der Waals surface area contributed by atoms with E-state index in [1.54, 1.807) is 0 Å². The minimum Gasteiger partial charge on any atom is -0.460 e. The van der Waals surface area contributed by atoms with Crippen molar-refractivity contribution in [1.29, 1.82) is 0 Å². The molecule has 3 nitrogen and oxygen atoms in total. The fourth-order valence-electron chi connectivity index (χ4n) is 4.51. The van der Waals surface area contributed by atoms with E-state index >= 15 is 0 Å². The third-order valence-corrected chi connectivity index (χ3v) is 6.39. The molecule has 1 fully saturated rings.